The number of ether oxygens (including phenoxy) is 2. The Bertz CT molecular complexity index is 1080. The van der Waals surface area contributed by atoms with Gasteiger partial charge < -0.3 is 9.47 Å². The number of nitrogens with zero attached hydrogens (tertiary/aromatic N) is 8. The fourth-order valence-corrected chi connectivity index (χ4v) is 4.57. The van der Waals surface area contributed by atoms with Gasteiger partial charge in [-0.05, 0) is 49.9 Å². The lowest BCUT2D eigenvalue weighted by Crippen LogP contribution is -2.44. The maximum Gasteiger partial charge on any atom is 0.340 e. The van der Waals surface area contributed by atoms with E-state index in [4.69, 9.17) is 9.47 Å². The SMILES string of the molecule is COC(=O)c1ccccc1N=NN1CCCCN(CN2CCCCN(N=Nc3ccccc3C(=O)OC)C2)C1. The van der Waals surface area contributed by atoms with Gasteiger partial charge in [-0.25, -0.2) is 9.59 Å². The van der Waals surface area contributed by atoms with Crippen LogP contribution in [0.4, 0.5) is 11.4 Å². The second-order valence-electron chi connectivity index (χ2n) is 9.48. The van der Waals surface area contributed by atoms with Crippen molar-refractivity contribution in [1.82, 2.24) is 19.8 Å². The molecular formula is C27H36N8O4. The first kappa shape index (κ1) is 28.1. The summed E-state index contributed by atoms with van der Waals surface area (Å²) in [5.74, 6) is -0.864. The van der Waals surface area contributed by atoms with Crippen molar-refractivity contribution in [3.63, 3.8) is 0 Å². The topological polar surface area (TPSA) is 115 Å². The predicted octanol–water partition coefficient (Wildman–Crippen LogP) is 4.63. The van der Waals surface area contributed by atoms with Crippen molar-refractivity contribution in [3.05, 3.63) is 59.7 Å². The molecule has 2 fully saturated rings. The second-order valence-corrected chi connectivity index (χ2v) is 9.48. The molecule has 0 radical (unpaired) electrons. The number of carbonyl (C=O) groups excluding carboxylic acids is 2. The highest BCUT2D eigenvalue weighted by Crippen LogP contribution is 2.22. The van der Waals surface area contributed by atoms with Crippen molar-refractivity contribution in [2.45, 2.75) is 25.7 Å². The van der Waals surface area contributed by atoms with Gasteiger partial charge in [0, 0.05) is 26.2 Å². The van der Waals surface area contributed by atoms with Gasteiger partial charge in [0.15, 0.2) is 0 Å². The zero-order chi connectivity index (χ0) is 27.5. The molecule has 0 unspecified atom stereocenters. The lowest BCUT2D eigenvalue weighted by atomic mass is 10.2. The van der Waals surface area contributed by atoms with E-state index >= 15 is 0 Å². The highest BCUT2D eigenvalue weighted by molar-refractivity contribution is 5.95. The molecule has 2 aliphatic heterocycles. The van der Waals surface area contributed by atoms with Gasteiger partial charge in [0.2, 0.25) is 0 Å². The smallest absolute Gasteiger partial charge is 0.340 e. The number of hydrogen-bond donors (Lipinski definition) is 0. The molecule has 2 aromatic carbocycles. The van der Waals surface area contributed by atoms with Gasteiger partial charge in [0.1, 0.15) is 11.4 Å². The standard InChI is InChI=1S/C27H36N8O4/c1-38-26(36)22-11-3-5-13-24(22)28-30-34-17-9-7-15-32(20-34)19-33-16-8-10-18-35(21-33)31-29-25-14-6-4-12-23(25)27(37)39-2/h3-6,11-14H,7-10,15-21H2,1-2H3. The van der Waals surface area contributed by atoms with Crippen molar-refractivity contribution in [2.24, 2.45) is 20.7 Å². The Hall–Kier alpha value is -3.90. The fraction of sp³-hybridized carbons (Fsp3) is 0.481. The van der Waals surface area contributed by atoms with E-state index in [9.17, 15) is 9.59 Å². The highest BCUT2D eigenvalue weighted by Gasteiger charge is 2.21. The van der Waals surface area contributed by atoms with Gasteiger partial charge in [-0.15, -0.1) is 10.2 Å². The van der Waals surface area contributed by atoms with Crippen LogP contribution in [0.5, 0.6) is 0 Å². The van der Waals surface area contributed by atoms with E-state index < -0.39 is 11.9 Å². The van der Waals surface area contributed by atoms with E-state index in [1.165, 1.54) is 14.2 Å². The third kappa shape index (κ3) is 8.04. The average molecular weight is 537 g/mol. The molecule has 2 heterocycles. The summed E-state index contributed by atoms with van der Waals surface area (Å²) in [6.07, 6.45) is 4.14. The van der Waals surface area contributed by atoms with Crippen LogP contribution in [0.3, 0.4) is 0 Å². The molecule has 2 aromatic rings. The molecule has 0 amide bonds. The first-order valence-electron chi connectivity index (χ1n) is 13.2. The summed E-state index contributed by atoms with van der Waals surface area (Å²) < 4.78 is 9.73. The Labute approximate surface area is 228 Å². The van der Waals surface area contributed by atoms with Crippen LogP contribution in [-0.4, -0.2) is 92.2 Å². The molecule has 208 valence electrons. The first-order valence-corrected chi connectivity index (χ1v) is 13.2. The zero-order valence-electron chi connectivity index (χ0n) is 22.6. The van der Waals surface area contributed by atoms with E-state index in [0.717, 1.165) is 58.5 Å². The van der Waals surface area contributed by atoms with E-state index in [2.05, 4.69) is 30.5 Å². The summed E-state index contributed by atoms with van der Waals surface area (Å²) in [5, 5.41) is 21.6. The number of esters is 2. The van der Waals surface area contributed by atoms with E-state index in [1.54, 1.807) is 36.4 Å². The minimum absolute atomic E-state index is 0.392. The monoisotopic (exact) mass is 536 g/mol. The number of hydrogen-bond acceptors (Lipinski definition) is 10. The van der Waals surface area contributed by atoms with Crippen LogP contribution in [0.15, 0.2) is 69.2 Å². The molecule has 0 saturated carbocycles. The average Bonchev–Trinajstić information content (AvgIpc) is 3.34. The minimum Gasteiger partial charge on any atom is -0.465 e. The molecule has 12 nitrogen and oxygen atoms in total. The van der Waals surface area contributed by atoms with E-state index in [-0.39, 0.29) is 0 Å². The highest BCUT2D eigenvalue weighted by atomic mass is 16.5. The van der Waals surface area contributed by atoms with E-state index in [0.29, 0.717) is 35.8 Å². The Morgan fingerprint density at radius 3 is 1.51 bits per heavy atom. The Morgan fingerprint density at radius 2 is 1.08 bits per heavy atom. The molecule has 2 aliphatic rings. The molecule has 12 heteroatoms. The van der Waals surface area contributed by atoms with Gasteiger partial charge in [0.25, 0.3) is 0 Å². The molecule has 0 atom stereocenters. The van der Waals surface area contributed by atoms with Gasteiger partial charge in [-0.2, -0.15) is 0 Å². The molecule has 0 aromatic heterocycles. The predicted molar refractivity (Wildman–Crippen MR) is 144 cm³/mol. The lowest BCUT2D eigenvalue weighted by Gasteiger charge is -2.31. The molecule has 2 saturated heterocycles. The molecule has 0 spiro atoms. The molecule has 0 N–H and O–H groups in total. The summed E-state index contributed by atoms with van der Waals surface area (Å²) in [5.41, 5.74) is 1.76. The van der Waals surface area contributed by atoms with Crippen LogP contribution in [0.1, 0.15) is 46.4 Å². The zero-order valence-corrected chi connectivity index (χ0v) is 22.6. The second kappa shape index (κ2) is 14.3. The van der Waals surface area contributed by atoms with Gasteiger partial charge in [0.05, 0.1) is 45.4 Å². The molecule has 0 bridgehead atoms. The van der Waals surface area contributed by atoms with Crippen molar-refractivity contribution < 1.29 is 19.1 Å². The van der Waals surface area contributed by atoms with Crippen molar-refractivity contribution in [1.29, 1.82) is 0 Å². The molecule has 39 heavy (non-hydrogen) atoms. The lowest BCUT2D eigenvalue weighted by molar-refractivity contribution is 0.0533. The normalized spacial score (nSPS) is 17.8. The van der Waals surface area contributed by atoms with Crippen LogP contribution >= 0.6 is 0 Å². The van der Waals surface area contributed by atoms with Crippen molar-refractivity contribution in [2.75, 3.05) is 60.4 Å². The summed E-state index contributed by atoms with van der Waals surface area (Å²) in [7, 11) is 2.71. The summed E-state index contributed by atoms with van der Waals surface area (Å²) in [4.78, 5) is 28.8. The van der Waals surface area contributed by atoms with Crippen LogP contribution in [0.25, 0.3) is 0 Å². The minimum atomic E-state index is -0.432. The van der Waals surface area contributed by atoms with Crippen LogP contribution in [0, 0.1) is 0 Å². The fourth-order valence-electron chi connectivity index (χ4n) is 4.57. The number of methoxy groups -OCH3 is 2. The third-order valence-electron chi connectivity index (χ3n) is 6.58. The molecule has 0 aliphatic carbocycles. The summed E-state index contributed by atoms with van der Waals surface area (Å²) >= 11 is 0. The van der Waals surface area contributed by atoms with Crippen LogP contribution in [0.2, 0.25) is 0 Å². The van der Waals surface area contributed by atoms with Crippen molar-refractivity contribution in [3.8, 4) is 0 Å². The molecule has 4 rings (SSSR count). The first-order chi connectivity index (χ1) is 19.1. The third-order valence-corrected chi connectivity index (χ3v) is 6.58. The number of rotatable bonds is 8. The largest absolute Gasteiger partial charge is 0.465 e. The van der Waals surface area contributed by atoms with E-state index in [1.807, 2.05) is 22.2 Å². The number of benzene rings is 2. The maximum absolute atomic E-state index is 12.1. The van der Waals surface area contributed by atoms with Gasteiger partial charge in [-0.3, -0.25) is 19.8 Å². The van der Waals surface area contributed by atoms with Gasteiger partial charge in [-0.1, -0.05) is 34.7 Å². The summed E-state index contributed by atoms with van der Waals surface area (Å²) in [6.45, 7) is 5.52. The van der Waals surface area contributed by atoms with Crippen LogP contribution in [-0.2, 0) is 9.47 Å². The Morgan fingerprint density at radius 1 is 0.667 bits per heavy atom. The Kier molecular flexibility index (Phi) is 10.3. The summed E-state index contributed by atoms with van der Waals surface area (Å²) in [6, 6.07) is 14.1. The number of carbonyl (C=O) groups is 2. The van der Waals surface area contributed by atoms with Gasteiger partial charge >= 0.3 is 11.9 Å². The quantitative estimate of drug-likeness (QED) is 0.354. The van der Waals surface area contributed by atoms with Crippen molar-refractivity contribution >= 4 is 23.3 Å². The Balaban J connectivity index is 1.38. The van der Waals surface area contributed by atoms with Crippen LogP contribution < -0.4 is 0 Å². The maximum atomic E-state index is 12.1. The molecular weight excluding hydrogens is 500 g/mol.